The number of hydrogen-bond acceptors (Lipinski definition) is 7. The zero-order chi connectivity index (χ0) is 25.2. The zero-order valence-corrected chi connectivity index (χ0v) is 20.7. The van der Waals surface area contributed by atoms with E-state index in [1.807, 2.05) is 13.8 Å². The fraction of sp³-hybridized carbons (Fsp3) is 0.520. The number of aromatic nitrogens is 2. The largest absolute Gasteiger partial charge is 0.495 e. The van der Waals surface area contributed by atoms with Gasteiger partial charge in [0.05, 0.1) is 24.4 Å². The highest BCUT2D eigenvalue weighted by Gasteiger charge is 2.41. The molecule has 9 nitrogen and oxygen atoms in total. The van der Waals surface area contributed by atoms with Gasteiger partial charge in [-0.15, -0.1) is 0 Å². The van der Waals surface area contributed by atoms with E-state index in [1.54, 1.807) is 36.3 Å². The van der Waals surface area contributed by atoms with Gasteiger partial charge in [-0.2, -0.15) is 4.98 Å². The molecule has 4 rings (SSSR count). The molecule has 1 aliphatic heterocycles. The summed E-state index contributed by atoms with van der Waals surface area (Å²) >= 11 is 0. The smallest absolute Gasteiger partial charge is 0.251 e. The first kappa shape index (κ1) is 24.7. The minimum absolute atomic E-state index is 0.0341. The van der Waals surface area contributed by atoms with Crippen LogP contribution in [0.2, 0.25) is 0 Å². The number of anilines is 4. The van der Waals surface area contributed by atoms with E-state index < -0.39 is 12.1 Å². The summed E-state index contributed by atoms with van der Waals surface area (Å²) in [6.45, 7) is 3.85. The zero-order valence-electron chi connectivity index (χ0n) is 20.7. The molecule has 0 spiro atoms. The van der Waals surface area contributed by atoms with Crippen molar-refractivity contribution in [3.8, 4) is 5.75 Å². The van der Waals surface area contributed by atoms with Gasteiger partial charge in [0.2, 0.25) is 11.9 Å². The van der Waals surface area contributed by atoms with Crippen LogP contribution in [0.15, 0.2) is 24.4 Å². The molecule has 35 heavy (non-hydrogen) atoms. The first-order chi connectivity index (χ1) is 16.7. The second-order valence-corrected chi connectivity index (χ2v) is 9.70. The summed E-state index contributed by atoms with van der Waals surface area (Å²) in [7, 11) is 3.28. The van der Waals surface area contributed by atoms with Gasteiger partial charge in [0.1, 0.15) is 18.1 Å². The summed E-state index contributed by atoms with van der Waals surface area (Å²) in [5.74, 6) is 1.18. The van der Waals surface area contributed by atoms with Gasteiger partial charge in [-0.25, -0.2) is 9.37 Å². The minimum atomic E-state index is -0.631. The molecule has 1 aromatic carbocycles. The number of halogens is 1. The van der Waals surface area contributed by atoms with E-state index in [9.17, 15) is 14.0 Å². The Balaban J connectivity index is 1.67. The molecule has 2 amide bonds. The molecule has 188 valence electrons. The summed E-state index contributed by atoms with van der Waals surface area (Å²) in [5, 5.41) is 5.69. The Morgan fingerprint density at radius 3 is 2.71 bits per heavy atom. The molecular weight excluding hydrogens is 451 g/mol. The first-order valence-electron chi connectivity index (χ1n) is 12.0. The third-order valence-corrected chi connectivity index (χ3v) is 6.69. The molecule has 1 aliphatic carbocycles. The van der Waals surface area contributed by atoms with Gasteiger partial charge in [0, 0.05) is 31.7 Å². The predicted molar refractivity (Wildman–Crippen MR) is 133 cm³/mol. The summed E-state index contributed by atoms with van der Waals surface area (Å²) < 4.78 is 17.9. The summed E-state index contributed by atoms with van der Waals surface area (Å²) in [4.78, 5) is 38.6. The highest BCUT2D eigenvalue weighted by atomic mass is 19.1. The number of hydrogen-bond donors (Lipinski definition) is 2. The van der Waals surface area contributed by atoms with Crippen LogP contribution < -0.4 is 25.2 Å². The van der Waals surface area contributed by atoms with E-state index >= 15 is 0 Å². The fourth-order valence-electron chi connectivity index (χ4n) is 4.84. The molecular formula is C25H33FN6O3. The average molecular weight is 485 g/mol. The number of methoxy groups -OCH3 is 1. The molecule has 1 aromatic heterocycles. The lowest BCUT2D eigenvalue weighted by atomic mass is 9.91. The fourth-order valence-corrected chi connectivity index (χ4v) is 4.84. The van der Waals surface area contributed by atoms with Crippen molar-refractivity contribution in [2.45, 2.75) is 45.6 Å². The maximum absolute atomic E-state index is 13.2. The predicted octanol–water partition coefficient (Wildman–Crippen LogP) is 3.68. The number of carbonyl (C=O) groups is 2. The quantitative estimate of drug-likeness (QED) is 0.618. The second-order valence-electron chi connectivity index (χ2n) is 9.70. The van der Waals surface area contributed by atoms with Crippen molar-refractivity contribution in [1.82, 2.24) is 15.3 Å². The van der Waals surface area contributed by atoms with Crippen molar-refractivity contribution >= 4 is 35.0 Å². The van der Waals surface area contributed by atoms with Crippen LogP contribution in [0.5, 0.6) is 5.75 Å². The molecule has 1 saturated carbocycles. The van der Waals surface area contributed by atoms with Crippen molar-refractivity contribution in [3.63, 3.8) is 0 Å². The van der Waals surface area contributed by atoms with Crippen LogP contribution >= 0.6 is 0 Å². The lowest BCUT2D eigenvalue weighted by Crippen LogP contribution is -2.45. The third-order valence-electron chi connectivity index (χ3n) is 6.69. The number of fused-ring (bicyclic) bond motifs is 1. The molecule has 0 radical (unpaired) electrons. The Bertz CT molecular complexity index is 1100. The molecule has 1 fully saturated rings. The van der Waals surface area contributed by atoms with Crippen LogP contribution in [-0.4, -0.2) is 61.7 Å². The van der Waals surface area contributed by atoms with E-state index in [1.165, 1.54) is 20.0 Å². The van der Waals surface area contributed by atoms with Crippen LogP contribution in [-0.2, 0) is 4.79 Å². The molecule has 2 aliphatic rings. The normalized spacial score (nSPS) is 17.7. The minimum Gasteiger partial charge on any atom is -0.495 e. The van der Waals surface area contributed by atoms with Gasteiger partial charge in [-0.05, 0) is 44.9 Å². The van der Waals surface area contributed by atoms with Gasteiger partial charge in [-0.1, -0.05) is 12.8 Å². The Morgan fingerprint density at radius 2 is 2.03 bits per heavy atom. The summed E-state index contributed by atoms with van der Waals surface area (Å²) in [6.07, 6.45) is 6.15. The van der Waals surface area contributed by atoms with E-state index in [4.69, 9.17) is 9.72 Å². The maximum Gasteiger partial charge on any atom is 0.251 e. The molecule has 2 N–H and O–H groups in total. The Kier molecular flexibility index (Phi) is 7.09. The molecule has 0 saturated heterocycles. The van der Waals surface area contributed by atoms with E-state index in [0.717, 1.165) is 18.7 Å². The van der Waals surface area contributed by atoms with Crippen molar-refractivity contribution in [1.29, 1.82) is 0 Å². The number of nitrogens with one attached hydrogen (secondary N) is 2. The average Bonchev–Trinajstić information content (AvgIpc) is 3.37. The lowest BCUT2D eigenvalue weighted by molar-refractivity contribution is -0.125. The monoisotopic (exact) mass is 484 g/mol. The topological polar surface area (TPSA) is 99.7 Å². The Labute approximate surface area is 205 Å². The van der Waals surface area contributed by atoms with Gasteiger partial charge in [-0.3, -0.25) is 9.59 Å². The van der Waals surface area contributed by atoms with E-state index in [0.29, 0.717) is 41.2 Å². The number of ether oxygens (including phenoxy) is 1. The molecule has 0 bridgehead atoms. The van der Waals surface area contributed by atoms with Crippen molar-refractivity contribution in [3.05, 3.63) is 30.0 Å². The molecule has 10 heteroatoms. The number of amides is 2. The van der Waals surface area contributed by atoms with Crippen molar-refractivity contribution in [2.75, 3.05) is 49.0 Å². The number of carbonyl (C=O) groups excluding carboxylic acids is 2. The van der Waals surface area contributed by atoms with Crippen LogP contribution in [0.3, 0.4) is 0 Å². The van der Waals surface area contributed by atoms with Crippen LogP contribution in [0.4, 0.5) is 27.5 Å². The number of nitrogens with zero attached hydrogens (tertiary/aromatic N) is 4. The maximum atomic E-state index is 13.2. The highest BCUT2D eigenvalue weighted by molar-refractivity contribution is 6.01. The lowest BCUT2D eigenvalue weighted by Gasteiger charge is -2.34. The molecule has 2 aromatic rings. The number of rotatable bonds is 7. The van der Waals surface area contributed by atoms with Crippen LogP contribution in [0.25, 0.3) is 0 Å². The van der Waals surface area contributed by atoms with E-state index in [-0.39, 0.29) is 18.4 Å². The molecule has 2 heterocycles. The van der Waals surface area contributed by atoms with Gasteiger partial charge < -0.3 is 25.2 Å². The summed E-state index contributed by atoms with van der Waals surface area (Å²) in [5.41, 5.74) is 1.07. The van der Waals surface area contributed by atoms with Gasteiger partial charge in [0.25, 0.3) is 5.91 Å². The Morgan fingerprint density at radius 1 is 1.29 bits per heavy atom. The first-order valence-corrected chi connectivity index (χ1v) is 12.0. The Hall–Kier alpha value is -3.43. The van der Waals surface area contributed by atoms with Crippen molar-refractivity contribution < 1.29 is 18.7 Å². The highest BCUT2D eigenvalue weighted by Crippen LogP contribution is 2.40. The van der Waals surface area contributed by atoms with E-state index in [2.05, 4.69) is 20.5 Å². The van der Waals surface area contributed by atoms with Crippen LogP contribution in [0.1, 0.15) is 49.9 Å². The van der Waals surface area contributed by atoms with Crippen LogP contribution in [0, 0.1) is 5.41 Å². The number of benzene rings is 1. The molecule has 0 unspecified atom stereocenters. The third kappa shape index (κ3) is 5.01. The summed E-state index contributed by atoms with van der Waals surface area (Å²) in [6, 6.07) is 5.23. The number of alkyl halides is 1. The SMILES string of the molecule is COc1cc(C(=O)NCCF)ccc1Nc1ncc2c(n1)N(C1CCCC1)CC(C)(C)C(=O)N2C. The second kappa shape index (κ2) is 10.1. The van der Waals surface area contributed by atoms with Gasteiger partial charge in [0.15, 0.2) is 5.82 Å². The van der Waals surface area contributed by atoms with Gasteiger partial charge >= 0.3 is 0 Å². The van der Waals surface area contributed by atoms with Crippen molar-refractivity contribution in [2.24, 2.45) is 5.41 Å². The standard InChI is InChI=1S/C25H33FN6O3/c1-25(2)15-32(17-7-5-6-8-17)21-19(31(3)23(25)34)14-28-24(30-21)29-18-10-9-16(13-20(18)35-4)22(33)27-12-11-26/h9-10,13-14,17H,5-8,11-12,15H2,1-4H3,(H,27,33)(H,28,29,30). The molecule has 0 atom stereocenters.